The van der Waals surface area contributed by atoms with E-state index in [0.717, 1.165) is 0 Å². The fraction of sp³-hybridized carbons (Fsp3) is 0. The molecule has 1 N–H and O–H groups in total. The fourth-order valence-electron chi connectivity index (χ4n) is 0.0342. The molecule has 0 saturated carbocycles. The first-order valence-electron chi connectivity index (χ1n) is 0.983. The lowest BCUT2D eigenvalue weighted by atomic mass is 13.0. The molecule has 0 aliphatic carbocycles. The highest BCUT2D eigenvalue weighted by Gasteiger charge is 2.01. The van der Waals surface area contributed by atoms with Gasteiger partial charge in [-0.15, -0.1) is 4.89 Å². The first kappa shape index (κ1) is 5.37. The van der Waals surface area contributed by atoms with Gasteiger partial charge in [0.05, 0.1) is 0 Å². The van der Waals surface area contributed by atoms with Gasteiger partial charge in [-0.3, -0.25) is 0 Å². The number of nitrogens with zero attached hydrogens (tertiary/aromatic N) is 3. The molecule has 6 heteroatoms. The SMILES string of the molecule is [N-]=[N+]=N[P+](=O)O. The third kappa shape index (κ3) is 3.37. The van der Waals surface area contributed by atoms with Gasteiger partial charge < -0.3 is 0 Å². The monoisotopic (exact) mass is 106 g/mol. The molecule has 0 aromatic carbocycles. The molecule has 0 bridgehead atoms. The normalized spacial score (nSPS) is 9.17. The zero-order chi connectivity index (χ0) is 4.99. The van der Waals surface area contributed by atoms with E-state index in [2.05, 4.69) is 4.88 Å². The number of hydrogen-bond donors (Lipinski definition) is 1. The molecule has 0 fully saturated rings. The molecule has 0 amide bonds. The minimum atomic E-state index is -2.64. The van der Waals surface area contributed by atoms with E-state index in [1.165, 1.54) is 0 Å². The van der Waals surface area contributed by atoms with Gasteiger partial charge in [-0.05, 0) is 4.57 Å². The molecule has 0 aromatic heterocycles. The van der Waals surface area contributed by atoms with Gasteiger partial charge >= 0.3 is 8.18 Å². The molecule has 1 atom stereocenters. The van der Waals surface area contributed by atoms with E-state index in [9.17, 15) is 4.57 Å². The van der Waals surface area contributed by atoms with Crippen LogP contribution in [0.1, 0.15) is 0 Å². The summed E-state index contributed by atoms with van der Waals surface area (Å²) in [6.07, 6.45) is 0. The Morgan fingerprint density at radius 1 is 2.00 bits per heavy atom. The highest BCUT2D eigenvalue weighted by Crippen LogP contribution is 2.12. The van der Waals surface area contributed by atoms with Crippen LogP contribution in [-0.4, -0.2) is 4.89 Å². The van der Waals surface area contributed by atoms with Crippen LogP contribution >= 0.6 is 8.18 Å². The first-order chi connectivity index (χ1) is 2.77. The van der Waals surface area contributed by atoms with Crippen LogP contribution in [0.4, 0.5) is 0 Å². The summed E-state index contributed by atoms with van der Waals surface area (Å²) in [5.74, 6) is 0. The van der Waals surface area contributed by atoms with Crippen LogP contribution in [0.5, 0.6) is 0 Å². The summed E-state index contributed by atoms with van der Waals surface area (Å²) in [6.45, 7) is 0. The number of hydrogen-bond acceptors (Lipinski definition) is 1. The molecule has 0 heterocycles. The lowest BCUT2D eigenvalue weighted by Gasteiger charge is -1.40. The van der Waals surface area contributed by atoms with Crippen LogP contribution < -0.4 is 0 Å². The summed E-state index contributed by atoms with van der Waals surface area (Å²) in [6, 6.07) is 0. The second-order valence-corrected chi connectivity index (χ2v) is 1.12. The van der Waals surface area contributed by atoms with Gasteiger partial charge in [0.15, 0.2) is 4.88 Å². The molecule has 0 rings (SSSR count). The standard InChI is InChI=1S/N3O2P/c1-2-3-6(4)5/p+1. The third-order valence-corrected chi connectivity index (χ3v) is 0.350. The summed E-state index contributed by atoms with van der Waals surface area (Å²) in [5, 5.41) is 0. The Bertz CT molecular complexity index is 101. The summed E-state index contributed by atoms with van der Waals surface area (Å²) in [5.41, 5.74) is 7.35. The average Bonchev–Trinajstić information content (AvgIpc) is 1.35. The molecule has 32 valence electrons. The zero-order valence-corrected chi connectivity index (χ0v) is 3.54. The van der Waals surface area contributed by atoms with Crippen LogP contribution in [0.2, 0.25) is 0 Å². The van der Waals surface area contributed by atoms with Gasteiger partial charge in [0.1, 0.15) is 0 Å². The van der Waals surface area contributed by atoms with E-state index in [1.807, 2.05) is 4.91 Å². The maximum absolute atomic E-state index is 9.33. The van der Waals surface area contributed by atoms with Gasteiger partial charge in [0.2, 0.25) is 0 Å². The molecule has 0 radical (unpaired) electrons. The van der Waals surface area contributed by atoms with E-state index >= 15 is 0 Å². The van der Waals surface area contributed by atoms with Crippen molar-refractivity contribution in [3.05, 3.63) is 10.4 Å². The van der Waals surface area contributed by atoms with Crippen LogP contribution in [0.25, 0.3) is 10.4 Å². The van der Waals surface area contributed by atoms with E-state index in [4.69, 9.17) is 10.4 Å². The maximum atomic E-state index is 9.33. The molecule has 0 aromatic rings. The Labute approximate surface area is 34.1 Å². The van der Waals surface area contributed by atoms with Crippen molar-refractivity contribution in [1.29, 1.82) is 0 Å². The molecule has 0 spiro atoms. The smallest absolute Gasteiger partial charge is 0.149 e. The third-order valence-electron chi connectivity index (χ3n) is 0.117. The van der Waals surface area contributed by atoms with Crippen molar-refractivity contribution in [1.82, 2.24) is 0 Å². The van der Waals surface area contributed by atoms with Crippen molar-refractivity contribution in [2.45, 2.75) is 0 Å². The lowest BCUT2D eigenvalue weighted by molar-refractivity contribution is 0.504. The van der Waals surface area contributed by atoms with Gasteiger partial charge in [-0.2, -0.15) is 0 Å². The highest BCUT2D eigenvalue weighted by molar-refractivity contribution is 7.36. The number of azide groups is 1. The summed E-state index contributed by atoms with van der Waals surface area (Å²) in [7, 11) is -2.64. The van der Waals surface area contributed by atoms with Crippen molar-refractivity contribution < 1.29 is 9.46 Å². The quantitative estimate of drug-likeness (QED) is 0.233. The largest absolute Gasteiger partial charge is 0.636 e. The molecule has 1 unspecified atom stereocenters. The molecule has 6 heavy (non-hydrogen) atoms. The average molecular weight is 106 g/mol. The first-order valence-corrected chi connectivity index (χ1v) is 2.15. The van der Waals surface area contributed by atoms with E-state index in [1.54, 1.807) is 0 Å². The second-order valence-electron chi connectivity index (χ2n) is 0.432. The lowest BCUT2D eigenvalue weighted by Crippen LogP contribution is -1.35. The van der Waals surface area contributed by atoms with Crippen LogP contribution in [0, 0.1) is 0 Å². The maximum Gasteiger partial charge on any atom is 0.636 e. The highest BCUT2D eigenvalue weighted by atomic mass is 31.1. The van der Waals surface area contributed by atoms with Gasteiger partial charge in [-0.1, -0.05) is 0 Å². The molecule has 0 saturated heterocycles. The van der Waals surface area contributed by atoms with Crippen LogP contribution in [0.15, 0.2) is 4.88 Å². The summed E-state index contributed by atoms with van der Waals surface area (Å²) >= 11 is 0. The Hall–Kier alpha value is -0.630. The van der Waals surface area contributed by atoms with Crippen LogP contribution in [-0.2, 0) is 4.57 Å². The summed E-state index contributed by atoms with van der Waals surface area (Å²) in [4.78, 5) is 12.0. The van der Waals surface area contributed by atoms with Crippen molar-refractivity contribution in [3.63, 3.8) is 0 Å². The molecule has 0 aliphatic rings. The molecular weight excluding hydrogens is 105 g/mol. The van der Waals surface area contributed by atoms with Gasteiger partial charge in [-0.25, -0.2) is 0 Å². The van der Waals surface area contributed by atoms with Gasteiger partial charge in [0.25, 0.3) is 0 Å². The predicted octanol–water partition coefficient (Wildman–Crippen LogP) is 0.946. The van der Waals surface area contributed by atoms with Crippen molar-refractivity contribution in [2.24, 2.45) is 4.88 Å². The Morgan fingerprint density at radius 2 is 2.50 bits per heavy atom. The van der Waals surface area contributed by atoms with E-state index in [-0.39, 0.29) is 0 Å². The minimum Gasteiger partial charge on any atom is -0.149 e. The predicted molar refractivity (Wildman–Crippen MR) is 19.0 cm³/mol. The number of rotatable bonds is 1. The minimum absolute atomic E-state index is 2.03. The molecular formula is HN3O2P+. The zero-order valence-electron chi connectivity index (χ0n) is 2.64. The van der Waals surface area contributed by atoms with Crippen molar-refractivity contribution >= 4 is 8.18 Å². The van der Waals surface area contributed by atoms with E-state index in [0.29, 0.717) is 0 Å². The van der Waals surface area contributed by atoms with Gasteiger partial charge in [0, 0.05) is 10.4 Å². The second kappa shape index (κ2) is 2.60. The summed E-state index contributed by atoms with van der Waals surface area (Å²) < 4.78 is 9.33. The molecule has 5 nitrogen and oxygen atoms in total. The topological polar surface area (TPSA) is 86.1 Å². The Morgan fingerprint density at radius 3 is 2.50 bits per heavy atom. The molecule has 0 aliphatic heterocycles. The Kier molecular flexibility index (Phi) is 2.33. The van der Waals surface area contributed by atoms with Crippen LogP contribution in [0.3, 0.4) is 0 Å². The van der Waals surface area contributed by atoms with Crippen molar-refractivity contribution in [3.8, 4) is 0 Å². The Balaban J connectivity index is 3.60. The van der Waals surface area contributed by atoms with E-state index < -0.39 is 8.18 Å². The fourth-order valence-corrected chi connectivity index (χ4v) is 0.103. The van der Waals surface area contributed by atoms with Crippen molar-refractivity contribution in [2.75, 3.05) is 0 Å².